The van der Waals surface area contributed by atoms with Crippen molar-refractivity contribution < 1.29 is 23.1 Å². The number of halogens is 3. The predicted molar refractivity (Wildman–Crippen MR) is 62.5 cm³/mol. The van der Waals surface area contributed by atoms with Crippen LogP contribution in [0.15, 0.2) is 36.5 Å². The SMILES string of the molecule is Cc1ncc(-c2ccccc2)[nH]1.O=C(O)C(F)(F)F. The molecule has 2 aromatic rings. The Labute approximate surface area is 106 Å². The highest BCUT2D eigenvalue weighted by Crippen LogP contribution is 2.15. The molecule has 2 N–H and O–H groups in total. The highest BCUT2D eigenvalue weighted by Gasteiger charge is 2.38. The Kier molecular flexibility index (Phi) is 4.68. The number of rotatable bonds is 1. The fraction of sp³-hybridized carbons (Fsp3) is 0.167. The first kappa shape index (κ1) is 14.7. The quantitative estimate of drug-likeness (QED) is 0.838. The molecule has 1 aromatic heterocycles. The third kappa shape index (κ3) is 4.82. The van der Waals surface area contributed by atoms with E-state index in [1.54, 1.807) is 0 Å². The monoisotopic (exact) mass is 272 g/mol. The van der Waals surface area contributed by atoms with E-state index in [4.69, 9.17) is 9.90 Å². The molecule has 102 valence electrons. The first-order valence-corrected chi connectivity index (χ1v) is 5.18. The number of benzene rings is 1. The summed E-state index contributed by atoms with van der Waals surface area (Å²) in [5.74, 6) is -1.80. The third-order valence-corrected chi connectivity index (χ3v) is 2.03. The number of imidazole rings is 1. The molecule has 0 bridgehead atoms. The van der Waals surface area contributed by atoms with Gasteiger partial charge in [0.2, 0.25) is 0 Å². The lowest BCUT2D eigenvalue weighted by Crippen LogP contribution is -2.21. The summed E-state index contributed by atoms with van der Waals surface area (Å²) < 4.78 is 31.7. The van der Waals surface area contributed by atoms with E-state index in [9.17, 15) is 13.2 Å². The molecular formula is C12H11F3N2O2. The molecule has 2 rings (SSSR count). The van der Waals surface area contributed by atoms with Crippen LogP contribution in [-0.4, -0.2) is 27.2 Å². The van der Waals surface area contributed by atoms with Gasteiger partial charge in [-0.2, -0.15) is 13.2 Å². The van der Waals surface area contributed by atoms with Crippen LogP contribution in [-0.2, 0) is 4.79 Å². The van der Waals surface area contributed by atoms with Crippen molar-refractivity contribution in [2.45, 2.75) is 13.1 Å². The molecule has 0 fully saturated rings. The number of nitrogens with one attached hydrogen (secondary N) is 1. The lowest BCUT2D eigenvalue weighted by atomic mass is 10.2. The Morgan fingerprint density at radius 1 is 1.26 bits per heavy atom. The average molecular weight is 272 g/mol. The molecule has 0 atom stereocenters. The van der Waals surface area contributed by atoms with Gasteiger partial charge < -0.3 is 10.1 Å². The van der Waals surface area contributed by atoms with Crippen molar-refractivity contribution in [3.63, 3.8) is 0 Å². The number of carbonyl (C=O) groups is 1. The summed E-state index contributed by atoms with van der Waals surface area (Å²) in [6, 6.07) is 10.2. The fourth-order valence-corrected chi connectivity index (χ4v) is 1.19. The van der Waals surface area contributed by atoms with Crippen LogP contribution in [0.2, 0.25) is 0 Å². The maximum atomic E-state index is 10.6. The predicted octanol–water partition coefficient (Wildman–Crippen LogP) is 3.02. The number of H-pyrrole nitrogens is 1. The number of aliphatic carboxylic acids is 1. The third-order valence-electron chi connectivity index (χ3n) is 2.03. The molecule has 0 saturated carbocycles. The largest absolute Gasteiger partial charge is 0.490 e. The van der Waals surface area contributed by atoms with Crippen LogP contribution in [0.3, 0.4) is 0 Å². The molecular weight excluding hydrogens is 261 g/mol. The van der Waals surface area contributed by atoms with Crippen molar-refractivity contribution in [1.82, 2.24) is 9.97 Å². The summed E-state index contributed by atoms with van der Waals surface area (Å²) in [6.07, 6.45) is -3.23. The minimum Gasteiger partial charge on any atom is -0.475 e. The minimum atomic E-state index is -5.08. The van der Waals surface area contributed by atoms with Crippen LogP contribution >= 0.6 is 0 Å². The second kappa shape index (κ2) is 6.03. The van der Waals surface area contributed by atoms with Gasteiger partial charge in [0.25, 0.3) is 0 Å². The Balaban J connectivity index is 0.000000224. The lowest BCUT2D eigenvalue weighted by molar-refractivity contribution is -0.192. The highest BCUT2D eigenvalue weighted by atomic mass is 19.4. The van der Waals surface area contributed by atoms with Gasteiger partial charge in [-0.15, -0.1) is 0 Å². The fourth-order valence-electron chi connectivity index (χ4n) is 1.19. The molecule has 0 amide bonds. The van der Waals surface area contributed by atoms with Gasteiger partial charge >= 0.3 is 12.1 Å². The van der Waals surface area contributed by atoms with Gasteiger partial charge in [0.05, 0.1) is 11.9 Å². The second-order valence-electron chi connectivity index (χ2n) is 3.55. The minimum absolute atomic E-state index is 0.953. The average Bonchev–Trinajstić information content (AvgIpc) is 2.77. The Morgan fingerprint density at radius 2 is 1.79 bits per heavy atom. The van der Waals surface area contributed by atoms with E-state index < -0.39 is 12.1 Å². The molecule has 0 unspecified atom stereocenters. The number of aryl methyl sites for hydroxylation is 1. The lowest BCUT2D eigenvalue weighted by Gasteiger charge is -1.94. The first-order valence-electron chi connectivity index (χ1n) is 5.18. The number of nitrogens with zero attached hydrogens (tertiary/aromatic N) is 1. The topological polar surface area (TPSA) is 66.0 Å². The van der Waals surface area contributed by atoms with Gasteiger partial charge in [0.15, 0.2) is 0 Å². The summed E-state index contributed by atoms with van der Waals surface area (Å²) in [6.45, 7) is 1.95. The van der Waals surface area contributed by atoms with Crippen molar-refractivity contribution in [2.24, 2.45) is 0 Å². The molecule has 7 heteroatoms. The summed E-state index contributed by atoms with van der Waals surface area (Å²) >= 11 is 0. The van der Waals surface area contributed by atoms with Crippen LogP contribution < -0.4 is 0 Å². The van der Waals surface area contributed by atoms with Gasteiger partial charge in [-0.3, -0.25) is 0 Å². The maximum absolute atomic E-state index is 10.6. The summed E-state index contributed by atoms with van der Waals surface area (Å²) in [5, 5.41) is 7.12. The van der Waals surface area contributed by atoms with Crippen molar-refractivity contribution in [3.05, 3.63) is 42.4 Å². The number of alkyl halides is 3. The molecule has 4 nitrogen and oxygen atoms in total. The van der Waals surface area contributed by atoms with Crippen LogP contribution in [0.5, 0.6) is 0 Å². The molecule has 1 heterocycles. The standard InChI is InChI=1S/C10H10N2.C2HF3O2/c1-8-11-7-10(12-8)9-5-3-2-4-6-9;3-2(4,5)1(6)7/h2-7H,1H3,(H,11,12);(H,6,7). The summed E-state index contributed by atoms with van der Waals surface area (Å²) in [4.78, 5) is 16.2. The molecule has 19 heavy (non-hydrogen) atoms. The zero-order chi connectivity index (χ0) is 14.5. The smallest absolute Gasteiger partial charge is 0.475 e. The van der Waals surface area contributed by atoms with Crippen molar-refractivity contribution >= 4 is 5.97 Å². The second-order valence-corrected chi connectivity index (χ2v) is 3.55. The number of carboxylic acids is 1. The van der Waals surface area contributed by atoms with E-state index in [0.29, 0.717) is 0 Å². The number of aromatic nitrogens is 2. The van der Waals surface area contributed by atoms with Crippen LogP contribution in [0.25, 0.3) is 11.3 Å². The maximum Gasteiger partial charge on any atom is 0.490 e. The molecule has 0 saturated heterocycles. The number of hydrogen-bond donors (Lipinski definition) is 2. The first-order chi connectivity index (χ1) is 8.80. The van der Waals surface area contributed by atoms with Gasteiger partial charge in [0.1, 0.15) is 5.82 Å². The van der Waals surface area contributed by atoms with Crippen LogP contribution in [0.4, 0.5) is 13.2 Å². The van der Waals surface area contributed by atoms with Gasteiger partial charge in [0, 0.05) is 0 Å². The molecule has 0 aliphatic carbocycles. The van der Waals surface area contributed by atoms with Crippen LogP contribution in [0.1, 0.15) is 5.82 Å². The molecule has 1 aromatic carbocycles. The van der Waals surface area contributed by atoms with Crippen LogP contribution in [0, 0.1) is 6.92 Å². The zero-order valence-corrected chi connectivity index (χ0v) is 9.90. The zero-order valence-electron chi connectivity index (χ0n) is 9.90. The summed E-state index contributed by atoms with van der Waals surface area (Å²) in [5.41, 5.74) is 2.26. The Hall–Kier alpha value is -2.31. The van der Waals surface area contributed by atoms with E-state index in [1.807, 2.05) is 31.3 Å². The normalized spacial score (nSPS) is 10.5. The van der Waals surface area contributed by atoms with E-state index in [0.717, 1.165) is 11.5 Å². The Bertz CT molecular complexity index is 535. The van der Waals surface area contributed by atoms with E-state index in [2.05, 4.69) is 22.1 Å². The van der Waals surface area contributed by atoms with Gasteiger partial charge in [-0.05, 0) is 12.5 Å². The number of aromatic amines is 1. The molecule has 0 radical (unpaired) electrons. The van der Waals surface area contributed by atoms with E-state index >= 15 is 0 Å². The van der Waals surface area contributed by atoms with Gasteiger partial charge in [-0.25, -0.2) is 9.78 Å². The molecule has 0 aliphatic rings. The van der Waals surface area contributed by atoms with Crippen molar-refractivity contribution in [2.75, 3.05) is 0 Å². The molecule has 0 spiro atoms. The number of hydrogen-bond acceptors (Lipinski definition) is 2. The van der Waals surface area contributed by atoms with E-state index in [-0.39, 0.29) is 0 Å². The summed E-state index contributed by atoms with van der Waals surface area (Å²) in [7, 11) is 0. The van der Waals surface area contributed by atoms with Crippen molar-refractivity contribution in [3.8, 4) is 11.3 Å². The van der Waals surface area contributed by atoms with Crippen molar-refractivity contribution in [1.29, 1.82) is 0 Å². The Morgan fingerprint density at radius 3 is 2.16 bits per heavy atom. The number of carboxylic acid groups (broad SMARTS) is 1. The highest BCUT2D eigenvalue weighted by molar-refractivity contribution is 5.73. The van der Waals surface area contributed by atoms with Gasteiger partial charge in [-0.1, -0.05) is 30.3 Å². The van der Waals surface area contributed by atoms with E-state index in [1.165, 1.54) is 5.56 Å². The molecule has 0 aliphatic heterocycles.